The van der Waals surface area contributed by atoms with Crippen molar-refractivity contribution in [1.82, 2.24) is 0 Å². The van der Waals surface area contributed by atoms with E-state index in [1.165, 1.54) is 23.3 Å². The third-order valence-corrected chi connectivity index (χ3v) is 4.17. The van der Waals surface area contributed by atoms with E-state index in [0.29, 0.717) is 5.75 Å². The molecule has 4 heteroatoms. The molecular weight excluding hydrogens is 321 g/mol. The van der Waals surface area contributed by atoms with Crippen molar-refractivity contribution in [3.05, 3.63) is 57.8 Å². The number of aryl methyl sites for hydroxylation is 1. The molecule has 1 aliphatic rings. The first-order valence-corrected chi connectivity index (χ1v) is 7.35. The summed E-state index contributed by atoms with van der Waals surface area (Å²) in [6, 6.07) is 11.2. The summed E-state index contributed by atoms with van der Waals surface area (Å²) in [5, 5.41) is 3.46. The number of hydrogen-bond donors (Lipinski definition) is 1. The fourth-order valence-electron chi connectivity index (χ4n) is 2.71. The predicted octanol–water partition coefficient (Wildman–Crippen LogP) is 4.70. The fourth-order valence-corrected chi connectivity index (χ4v) is 3.12. The smallest absolute Gasteiger partial charge is 0.144 e. The van der Waals surface area contributed by atoms with Crippen LogP contribution in [0, 0.1) is 5.82 Å². The Kier molecular flexibility index (Phi) is 3.66. The first kappa shape index (κ1) is 13.4. The summed E-state index contributed by atoms with van der Waals surface area (Å²) < 4.78 is 19.6. The number of nitrogens with one attached hydrogen (secondary N) is 1. The van der Waals surface area contributed by atoms with Crippen molar-refractivity contribution in [2.24, 2.45) is 0 Å². The highest BCUT2D eigenvalue weighted by Gasteiger charge is 2.23. The van der Waals surface area contributed by atoms with Crippen LogP contribution in [-0.2, 0) is 6.42 Å². The van der Waals surface area contributed by atoms with Gasteiger partial charge in [0.15, 0.2) is 0 Å². The molecule has 0 heterocycles. The van der Waals surface area contributed by atoms with Gasteiger partial charge < -0.3 is 10.1 Å². The number of ether oxygens (including phenoxy) is 1. The van der Waals surface area contributed by atoms with Crippen molar-refractivity contribution in [2.45, 2.75) is 18.9 Å². The third kappa shape index (κ3) is 2.52. The van der Waals surface area contributed by atoms with Crippen molar-refractivity contribution in [1.29, 1.82) is 0 Å². The highest BCUT2D eigenvalue weighted by atomic mass is 79.9. The summed E-state index contributed by atoms with van der Waals surface area (Å²) in [6.07, 6.45) is 2.09. The minimum Gasteiger partial charge on any atom is -0.494 e. The van der Waals surface area contributed by atoms with Crippen LogP contribution in [0.4, 0.5) is 10.1 Å². The lowest BCUT2D eigenvalue weighted by molar-refractivity contribution is 0.412. The lowest BCUT2D eigenvalue weighted by Crippen LogP contribution is -2.08. The Balaban J connectivity index is 1.87. The monoisotopic (exact) mass is 335 g/mol. The van der Waals surface area contributed by atoms with Gasteiger partial charge in [0.05, 0.1) is 18.8 Å². The first-order valence-electron chi connectivity index (χ1n) is 6.56. The molecule has 104 valence electrons. The maximum Gasteiger partial charge on any atom is 0.144 e. The highest BCUT2D eigenvalue weighted by Crippen LogP contribution is 2.37. The van der Waals surface area contributed by atoms with Crippen LogP contribution in [0.2, 0.25) is 0 Å². The predicted molar refractivity (Wildman–Crippen MR) is 81.8 cm³/mol. The van der Waals surface area contributed by atoms with Gasteiger partial charge in [0.2, 0.25) is 0 Å². The Morgan fingerprint density at radius 3 is 2.90 bits per heavy atom. The normalized spacial score (nSPS) is 16.9. The second-order valence-electron chi connectivity index (χ2n) is 4.92. The number of hydrogen-bond acceptors (Lipinski definition) is 2. The van der Waals surface area contributed by atoms with Gasteiger partial charge in [-0.15, -0.1) is 0 Å². The second-order valence-corrected chi connectivity index (χ2v) is 5.84. The van der Waals surface area contributed by atoms with Gasteiger partial charge in [-0.3, -0.25) is 0 Å². The van der Waals surface area contributed by atoms with E-state index in [-0.39, 0.29) is 11.9 Å². The van der Waals surface area contributed by atoms with Gasteiger partial charge in [0.1, 0.15) is 11.6 Å². The van der Waals surface area contributed by atoms with Gasteiger partial charge in [-0.1, -0.05) is 22.0 Å². The molecule has 0 spiro atoms. The minimum absolute atomic E-state index is 0.248. The molecule has 0 bridgehead atoms. The van der Waals surface area contributed by atoms with Gasteiger partial charge in [-0.25, -0.2) is 4.39 Å². The minimum atomic E-state index is -0.289. The quantitative estimate of drug-likeness (QED) is 0.877. The Labute approximate surface area is 126 Å². The zero-order valence-electron chi connectivity index (χ0n) is 11.1. The van der Waals surface area contributed by atoms with E-state index in [9.17, 15) is 4.39 Å². The van der Waals surface area contributed by atoms with E-state index in [0.717, 1.165) is 23.0 Å². The molecule has 0 radical (unpaired) electrons. The van der Waals surface area contributed by atoms with Crippen LogP contribution in [0.25, 0.3) is 0 Å². The average Bonchev–Trinajstić information content (AvgIpc) is 2.83. The maximum atomic E-state index is 13.2. The van der Waals surface area contributed by atoms with Crippen molar-refractivity contribution in [3.63, 3.8) is 0 Å². The highest BCUT2D eigenvalue weighted by molar-refractivity contribution is 9.10. The van der Waals surface area contributed by atoms with Gasteiger partial charge in [0, 0.05) is 10.5 Å². The number of halogens is 2. The van der Waals surface area contributed by atoms with Gasteiger partial charge in [0.25, 0.3) is 0 Å². The molecule has 0 saturated heterocycles. The van der Waals surface area contributed by atoms with Crippen LogP contribution < -0.4 is 10.1 Å². The number of benzene rings is 2. The molecule has 0 aliphatic heterocycles. The van der Waals surface area contributed by atoms with Crippen molar-refractivity contribution < 1.29 is 9.13 Å². The molecule has 20 heavy (non-hydrogen) atoms. The zero-order chi connectivity index (χ0) is 14.1. The molecule has 0 aromatic heterocycles. The summed E-state index contributed by atoms with van der Waals surface area (Å²) in [4.78, 5) is 0. The van der Waals surface area contributed by atoms with Crippen LogP contribution in [0.5, 0.6) is 5.75 Å². The van der Waals surface area contributed by atoms with E-state index in [2.05, 4.69) is 39.4 Å². The number of rotatable bonds is 3. The zero-order valence-corrected chi connectivity index (χ0v) is 12.7. The maximum absolute atomic E-state index is 13.2. The molecule has 0 fully saturated rings. The average molecular weight is 336 g/mol. The molecule has 1 aliphatic carbocycles. The van der Waals surface area contributed by atoms with Gasteiger partial charge in [-0.2, -0.15) is 0 Å². The first-order chi connectivity index (χ1) is 9.67. The molecule has 2 aromatic rings. The van der Waals surface area contributed by atoms with Crippen molar-refractivity contribution >= 4 is 21.6 Å². The Morgan fingerprint density at radius 2 is 2.10 bits per heavy atom. The number of fused-ring (bicyclic) bond motifs is 1. The van der Waals surface area contributed by atoms with Crippen LogP contribution in [0.3, 0.4) is 0 Å². The van der Waals surface area contributed by atoms with E-state index in [4.69, 9.17) is 4.74 Å². The number of anilines is 1. The summed E-state index contributed by atoms with van der Waals surface area (Å²) >= 11 is 3.50. The lowest BCUT2D eigenvalue weighted by Gasteiger charge is -2.18. The molecule has 1 N–H and O–H groups in total. The largest absolute Gasteiger partial charge is 0.494 e. The summed E-state index contributed by atoms with van der Waals surface area (Å²) in [7, 11) is 1.56. The Hall–Kier alpha value is -1.55. The molecule has 0 saturated carbocycles. The molecule has 0 amide bonds. The summed E-state index contributed by atoms with van der Waals surface area (Å²) in [5.74, 6) is 0.249. The van der Waals surface area contributed by atoms with E-state index >= 15 is 0 Å². The van der Waals surface area contributed by atoms with Crippen LogP contribution >= 0.6 is 15.9 Å². The van der Waals surface area contributed by atoms with Crippen LogP contribution in [-0.4, -0.2) is 7.11 Å². The van der Waals surface area contributed by atoms with Crippen LogP contribution in [0.1, 0.15) is 23.6 Å². The van der Waals surface area contributed by atoms with E-state index in [1.807, 2.05) is 0 Å². The lowest BCUT2D eigenvalue weighted by atomic mass is 10.1. The second kappa shape index (κ2) is 5.44. The van der Waals surface area contributed by atoms with Crippen molar-refractivity contribution in [2.75, 3.05) is 12.4 Å². The SMILES string of the molecule is COc1cc(F)ccc1NC1CCc2cc(Br)ccc21. The standard InChI is InChI=1S/C16H15BrFNO/c1-20-16-9-12(18)4-7-15(16)19-14-6-2-10-8-11(17)3-5-13(10)14/h3-5,7-9,14,19H,2,6H2,1H3. The molecule has 1 unspecified atom stereocenters. The molecule has 2 nitrogen and oxygen atoms in total. The van der Waals surface area contributed by atoms with E-state index < -0.39 is 0 Å². The van der Waals surface area contributed by atoms with E-state index in [1.54, 1.807) is 13.2 Å². The van der Waals surface area contributed by atoms with Gasteiger partial charge in [-0.05, 0) is 48.2 Å². The third-order valence-electron chi connectivity index (χ3n) is 3.68. The van der Waals surface area contributed by atoms with Crippen molar-refractivity contribution in [3.8, 4) is 5.75 Å². The molecule has 1 atom stereocenters. The van der Waals surface area contributed by atoms with Gasteiger partial charge >= 0.3 is 0 Å². The Morgan fingerprint density at radius 1 is 1.25 bits per heavy atom. The van der Waals surface area contributed by atoms with Crippen LogP contribution in [0.15, 0.2) is 40.9 Å². The summed E-state index contributed by atoms with van der Waals surface area (Å²) in [5.41, 5.74) is 3.49. The fraction of sp³-hybridized carbons (Fsp3) is 0.250. The molecular formula is C16H15BrFNO. The topological polar surface area (TPSA) is 21.3 Å². The molecule has 2 aromatic carbocycles. The molecule has 3 rings (SSSR count). The Bertz CT molecular complexity index is 644. The summed E-state index contributed by atoms with van der Waals surface area (Å²) in [6.45, 7) is 0. The number of methoxy groups -OCH3 is 1.